The highest BCUT2D eigenvalue weighted by Crippen LogP contribution is 2.47. The van der Waals surface area contributed by atoms with Crippen molar-refractivity contribution in [1.29, 1.82) is 0 Å². The van der Waals surface area contributed by atoms with Crippen LogP contribution in [0.1, 0.15) is 206 Å². The van der Waals surface area contributed by atoms with Crippen molar-refractivity contribution in [1.82, 2.24) is 0 Å². The molecule has 1 saturated carbocycles. The molecule has 388 valence electrons. The Balaban J connectivity index is 2.41. The van der Waals surface area contributed by atoms with Gasteiger partial charge in [0.2, 0.25) is 0 Å². The van der Waals surface area contributed by atoms with Crippen molar-refractivity contribution in [2.24, 2.45) is 0 Å². The first-order valence-electron chi connectivity index (χ1n) is 26.1. The van der Waals surface area contributed by atoms with Gasteiger partial charge in [-0.2, -0.15) is 0 Å². The highest BCUT2D eigenvalue weighted by Gasteiger charge is 2.51. The van der Waals surface area contributed by atoms with Gasteiger partial charge in [-0.3, -0.25) is 18.6 Å². The third-order valence-corrected chi connectivity index (χ3v) is 12.8. The molecule has 0 aromatic carbocycles. The molecule has 6 unspecified atom stereocenters. The average molecular weight is 969 g/mol. The van der Waals surface area contributed by atoms with Crippen LogP contribution in [0.5, 0.6) is 0 Å². The van der Waals surface area contributed by atoms with Crippen molar-refractivity contribution in [3.8, 4) is 0 Å². The summed E-state index contributed by atoms with van der Waals surface area (Å²) >= 11 is 0. The summed E-state index contributed by atoms with van der Waals surface area (Å²) in [5, 5.41) is 50.2. The van der Waals surface area contributed by atoms with Gasteiger partial charge in [0.15, 0.2) is 6.10 Å². The number of hydrogen-bond acceptors (Lipinski definition) is 12. The van der Waals surface area contributed by atoms with E-state index in [-0.39, 0.29) is 12.8 Å². The highest BCUT2D eigenvalue weighted by atomic mass is 31.2. The zero-order chi connectivity index (χ0) is 49.2. The normalized spacial score (nSPS) is 21.6. The van der Waals surface area contributed by atoms with Gasteiger partial charge < -0.3 is 39.9 Å². The van der Waals surface area contributed by atoms with Crippen LogP contribution in [0.15, 0.2) is 60.8 Å². The van der Waals surface area contributed by atoms with Gasteiger partial charge in [0, 0.05) is 12.8 Å². The Morgan fingerprint density at radius 1 is 0.478 bits per heavy atom. The summed E-state index contributed by atoms with van der Waals surface area (Å²) in [7, 11) is -5.14. The molecule has 1 aliphatic rings. The molecule has 0 spiro atoms. The van der Waals surface area contributed by atoms with Crippen molar-refractivity contribution >= 4 is 19.8 Å². The molecule has 0 amide bonds. The van der Waals surface area contributed by atoms with Crippen LogP contribution in [0, 0.1) is 0 Å². The van der Waals surface area contributed by atoms with Gasteiger partial charge in [0.25, 0.3) is 0 Å². The van der Waals surface area contributed by atoms with Crippen molar-refractivity contribution in [2.45, 2.75) is 249 Å². The summed E-state index contributed by atoms with van der Waals surface area (Å²) < 4.78 is 33.5. The number of esters is 2. The molecule has 1 rings (SSSR count). The summed E-state index contributed by atoms with van der Waals surface area (Å²) in [5.41, 5.74) is 0. The first-order chi connectivity index (χ1) is 32.4. The number of aliphatic hydroxyl groups excluding tert-OH is 5. The molecule has 67 heavy (non-hydrogen) atoms. The number of rotatable bonds is 43. The molecule has 0 radical (unpaired) electrons. The van der Waals surface area contributed by atoms with E-state index < -0.39 is 75.7 Å². The molecule has 14 heteroatoms. The summed E-state index contributed by atoms with van der Waals surface area (Å²) in [6.45, 7) is 3.15. The van der Waals surface area contributed by atoms with Crippen LogP contribution in [0.2, 0.25) is 0 Å². The molecule has 6 N–H and O–H groups in total. The summed E-state index contributed by atoms with van der Waals surface area (Å²) in [4.78, 5) is 35.8. The predicted molar refractivity (Wildman–Crippen MR) is 267 cm³/mol. The minimum Gasteiger partial charge on any atom is -0.462 e. The largest absolute Gasteiger partial charge is 0.472 e. The van der Waals surface area contributed by atoms with Crippen molar-refractivity contribution in [3.63, 3.8) is 0 Å². The maximum absolute atomic E-state index is 12.8. The number of aliphatic hydroxyl groups is 5. The zero-order valence-electron chi connectivity index (χ0n) is 41.4. The molecule has 1 fully saturated rings. The van der Waals surface area contributed by atoms with Gasteiger partial charge in [-0.15, -0.1) is 0 Å². The molecular weight excluding hydrogens is 876 g/mol. The van der Waals surface area contributed by atoms with E-state index in [0.29, 0.717) is 19.3 Å². The Kier molecular flexibility index (Phi) is 39.6. The Labute approximate surface area is 404 Å². The molecule has 1 aliphatic carbocycles. The molecular formula is C53H93O13P. The number of allylic oxidation sites excluding steroid dienone is 10. The van der Waals surface area contributed by atoms with Gasteiger partial charge in [0.05, 0.1) is 6.61 Å². The third-order valence-electron chi connectivity index (χ3n) is 11.8. The van der Waals surface area contributed by atoms with E-state index in [9.17, 15) is 44.6 Å². The third kappa shape index (κ3) is 34.5. The lowest BCUT2D eigenvalue weighted by Gasteiger charge is -2.41. The standard InChI is InChI=1S/C53H93O13P/c1-3-5-7-9-11-13-15-17-19-20-21-22-23-24-25-26-28-30-32-34-36-38-40-42-47(55)65-45(44-64-67(61,62)66-53-51(59)49(57)48(56)50(58)52(53)60)43-63-46(54)41-39-37-35-33-31-29-27-18-16-14-12-10-8-6-4-2/h6,8,12,14,18,27,31,33-34,36,45,48-53,56-60H,3-5,7,9-11,13,15-17,19-26,28-30,32,35,37-44H2,1-2H3,(H,61,62)/b8-6+,14-12+,27-18+,33-31+,36-34+/t45-,48?,49-,50?,51?,52?,53?/m1/s1. The number of unbranched alkanes of at least 4 members (excludes halogenated alkanes) is 21. The minimum absolute atomic E-state index is 0.0388. The fraction of sp³-hybridized carbons (Fsp3) is 0.774. The van der Waals surface area contributed by atoms with Crippen LogP contribution in [0.3, 0.4) is 0 Å². The number of ether oxygens (including phenoxy) is 2. The second kappa shape index (κ2) is 42.4. The Morgan fingerprint density at radius 3 is 1.36 bits per heavy atom. The quantitative estimate of drug-likeness (QED) is 0.0146. The van der Waals surface area contributed by atoms with Crippen LogP contribution in [0.4, 0.5) is 0 Å². The first kappa shape index (κ1) is 62.6. The van der Waals surface area contributed by atoms with Gasteiger partial charge >= 0.3 is 19.8 Å². The molecule has 0 aromatic rings. The number of carbonyl (C=O) groups excluding carboxylic acids is 2. The molecule has 0 aliphatic heterocycles. The van der Waals surface area contributed by atoms with Gasteiger partial charge in [-0.05, 0) is 70.6 Å². The second-order valence-corrected chi connectivity index (χ2v) is 19.4. The Hall–Kier alpha value is -2.45. The minimum atomic E-state index is -5.14. The molecule has 0 bridgehead atoms. The van der Waals surface area contributed by atoms with E-state index in [4.69, 9.17) is 18.5 Å². The Morgan fingerprint density at radius 2 is 0.866 bits per heavy atom. The zero-order valence-corrected chi connectivity index (χ0v) is 42.3. The van der Waals surface area contributed by atoms with Gasteiger partial charge in [-0.25, -0.2) is 4.57 Å². The molecule has 8 atom stereocenters. The van der Waals surface area contributed by atoms with Gasteiger partial charge in [0.1, 0.15) is 43.2 Å². The molecule has 0 heterocycles. The van der Waals surface area contributed by atoms with Gasteiger partial charge in [-0.1, -0.05) is 184 Å². The van der Waals surface area contributed by atoms with Crippen LogP contribution >= 0.6 is 7.82 Å². The monoisotopic (exact) mass is 969 g/mol. The van der Waals surface area contributed by atoms with E-state index in [1.165, 1.54) is 109 Å². The smallest absolute Gasteiger partial charge is 0.462 e. The van der Waals surface area contributed by atoms with Crippen molar-refractivity contribution in [3.05, 3.63) is 60.8 Å². The van der Waals surface area contributed by atoms with E-state index in [1.807, 2.05) is 6.08 Å². The first-order valence-corrected chi connectivity index (χ1v) is 27.6. The Bertz CT molecular complexity index is 1400. The van der Waals surface area contributed by atoms with E-state index in [2.05, 4.69) is 68.5 Å². The maximum Gasteiger partial charge on any atom is 0.472 e. The molecule has 0 aromatic heterocycles. The van der Waals surface area contributed by atoms with Crippen LogP contribution < -0.4 is 0 Å². The summed E-state index contributed by atoms with van der Waals surface area (Å²) in [6, 6.07) is 0. The molecule has 13 nitrogen and oxygen atoms in total. The lowest BCUT2D eigenvalue weighted by molar-refractivity contribution is -0.220. The van der Waals surface area contributed by atoms with Crippen molar-refractivity contribution < 1.29 is 63.1 Å². The van der Waals surface area contributed by atoms with Crippen molar-refractivity contribution in [2.75, 3.05) is 13.2 Å². The van der Waals surface area contributed by atoms with Crippen LogP contribution in [0.25, 0.3) is 0 Å². The summed E-state index contributed by atoms with van der Waals surface area (Å²) in [5.74, 6) is -1.18. The van der Waals surface area contributed by atoms with Crippen LogP contribution in [-0.2, 0) is 32.7 Å². The fourth-order valence-corrected chi connectivity index (χ4v) is 8.67. The SMILES string of the molecule is CC/C=C/C/C=C/C/C=C/C/C=C/CCCCC(=O)OC[C@H](COP(=O)(O)OC1C(O)C(O)C(O)[C@@H](O)C1O)OC(=O)CCC/C=C/CCCCCCCCCCCCCCCCCCCC. The number of phosphoric acid groups is 1. The van der Waals surface area contributed by atoms with E-state index >= 15 is 0 Å². The highest BCUT2D eigenvalue weighted by molar-refractivity contribution is 7.47. The van der Waals surface area contributed by atoms with Crippen LogP contribution in [-0.4, -0.2) is 98.3 Å². The number of phosphoric ester groups is 1. The summed E-state index contributed by atoms with van der Waals surface area (Å²) in [6.07, 6.45) is 40.1. The topological polar surface area (TPSA) is 210 Å². The second-order valence-electron chi connectivity index (χ2n) is 18.0. The number of hydrogen-bond donors (Lipinski definition) is 6. The predicted octanol–water partition coefficient (Wildman–Crippen LogP) is 11.3. The fourth-order valence-electron chi connectivity index (χ4n) is 7.69. The molecule has 0 saturated heterocycles. The lowest BCUT2D eigenvalue weighted by atomic mass is 9.85. The van der Waals surface area contributed by atoms with E-state index in [0.717, 1.165) is 51.4 Å². The lowest BCUT2D eigenvalue weighted by Crippen LogP contribution is -2.64. The number of carbonyl (C=O) groups is 2. The van der Waals surface area contributed by atoms with E-state index in [1.54, 1.807) is 0 Å². The maximum atomic E-state index is 12.8. The average Bonchev–Trinajstić information content (AvgIpc) is 3.31.